The van der Waals surface area contributed by atoms with Gasteiger partial charge in [-0.3, -0.25) is 0 Å². The second-order valence-electron chi connectivity index (χ2n) is 15.7. The molecule has 0 aromatic heterocycles. The zero-order chi connectivity index (χ0) is 34.1. The van der Waals surface area contributed by atoms with E-state index in [0.717, 1.165) is 0 Å². The van der Waals surface area contributed by atoms with Gasteiger partial charge >= 0.3 is 0 Å². The Morgan fingerprint density at radius 2 is 1.00 bits per heavy atom. The van der Waals surface area contributed by atoms with E-state index >= 15 is 0 Å². The first-order valence-electron chi connectivity index (χ1n) is 18.1. The van der Waals surface area contributed by atoms with Crippen LogP contribution < -0.4 is 0 Å². The molecule has 0 bridgehead atoms. The van der Waals surface area contributed by atoms with Crippen molar-refractivity contribution >= 4 is 53.9 Å². The third kappa shape index (κ3) is 4.00. The van der Waals surface area contributed by atoms with Crippen LogP contribution in [0.25, 0.3) is 87.2 Å². The molecule has 0 heteroatoms. The quantitative estimate of drug-likeness (QED) is 0.133. The fourth-order valence-electron chi connectivity index (χ4n) is 9.31. The molecular formula is C50H40. The second kappa shape index (κ2) is 10.3. The van der Waals surface area contributed by atoms with Gasteiger partial charge in [-0.25, -0.2) is 0 Å². The molecule has 0 amide bonds. The van der Waals surface area contributed by atoms with E-state index in [2.05, 4.69) is 169 Å². The average Bonchev–Trinajstić information content (AvgIpc) is 3.34. The Hall–Kier alpha value is -5.46. The summed E-state index contributed by atoms with van der Waals surface area (Å²) < 4.78 is 0. The Labute approximate surface area is 294 Å². The predicted octanol–water partition coefficient (Wildman–Crippen LogP) is 14.3. The summed E-state index contributed by atoms with van der Waals surface area (Å²) in [5, 5.41) is 13.2. The van der Waals surface area contributed by atoms with E-state index in [4.69, 9.17) is 0 Å². The van der Waals surface area contributed by atoms with E-state index in [0.29, 0.717) is 5.92 Å². The van der Waals surface area contributed by atoms with Crippen molar-refractivity contribution in [1.82, 2.24) is 0 Å². The van der Waals surface area contributed by atoms with E-state index in [-0.39, 0.29) is 5.41 Å². The number of aryl methyl sites for hydroxylation is 2. The van der Waals surface area contributed by atoms with Gasteiger partial charge in [-0.15, -0.1) is 0 Å². The molecule has 0 unspecified atom stereocenters. The first kappa shape index (κ1) is 29.5. The maximum Gasteiger partial charge on any atom is 0.0158 e. The van der Waals surface area contributed by atoms with Gasteiger partial charge in [-0.05, 0) is 130 Å². The van der Waals surface area contributed by atoms with Gasteiger partial charge in [0.05, 0.1) is 0 Å². The summed E-state index contributed by atoms with van der Waals surface area (Å²) in [4.78, 5) is 0. The van der Waals surface area contributed by atoms with Crippen molar-refractivity contribution in [2.24, 2.45) is 0 Å². The Kier molecular flexibility index (Phi) is 6.06. The van der Waals surface area contributed by atoms with E-state index < -0.39 is 0 Å². The molecule has 10 rings (SSSR count). The van der Waals surface area contributed by atoms with Crippen LogP contribution in [0.15, 0.2) is 127 Å². The van der Waals surface area contributed by atoms with Gasteiger partial charge in [-0.1, -0.05) is 160 Å². The lowest BCUT2D eigenvalue weighted by Gasteiger charge is -2.23. The first-order valence-corrected chi connectivity index (χ1v) is 18.1. The molecule has 0 N–H and O–H groups in total. The Morgan fingerprint density at radius 1 is 0.440 bits per heavy atom. The molecule has 50 heavy (non-hydrogen) atoms. The topological polar surface area (TPSA) is 0 Å². The third-order valence-corrected chi connectivity index (χ3v) is 11.9. The molecule has 1 aliphatic rings. The molecule has 0 aliphatic heterocycles. The number of fused-ring (bicyclic) bond motifs is 5. The zero-order valence-electron chi connectivity index (χ0n) is 29.7. The van der Waals surface area contributed by atoms with Crippen LogP contribution in [0, 0.1) is 13.8 Å². The van der Waals surface area contributed by atoms with Crippen LogP contribution in [0.4, 0.5) is 0 Å². The van der Waals surface area contributed by atoms with Crippen molar-refractivity contribution in [3.8, 4) is 33.4 Å². The number of benzene rings is 9. The van der Waals surface area contributed by atoms with Crippen molar-refractivity contribution in [1.29, 1.82) is 0 Å². The minimum absolute atomic E-state index is 0.0323. The zero-order valence-corrected chi connectivity index (χ0v) is 29.7. The maximum absolute atomic E-state index is 2.50. The van der Waals surface area contributed by atoms with Crippen molar-refractivity contribution in [2.45, 2.75) is 52.9 Å². The molecule has 0 saturated carbocycles. The van der Waals surface area contributed by atoms with E-state index in [1.165, 1.54) is 115 Å². The molecule has 0 radical (unpaired) electrons. The van der Waals surface area contributed by atoms with Crippen LogP contribution in [0.3, 0.4) is 0 Å². The lowest BCUT2D eigenvalue weighted by Crippen LogP contribution is -2.14. The highest BCUT2D eigenvalue weighted by molar-refractivity contribution is 6.29. The van der Waals surface area contributed by atoms with Gasteiger partial charge in [0.2, 0.25) is 0 Å². The molecule has 240 valence electrons. The van der Waals surface area contributed by atoms with Crippen LogP contribution in [0.5, 0.6) is 0 Å². The standard InChI is InChI=1S/C50H40/c1-28(2)34-16-22-44-40(26-34)41-27-35(17-23-45(41)50(44,5)6)47-38-18-10-30(4)25-43(38)49(39-19-11-29(3)24-42(39)47)37-21-15-33-13-12-31-8-7-9-32-14-20-36(37)48(33)46(31)32/h7-28H,1-6H3. The fraction of sp³-hybridized carbons (Fsp3) is 0.160. The van der Waals surface area contributed by atoms with E-state index in [1.54, 1.807) is 0 Å². The monoisotopic (exact) mass is 640 g/mol. The summed E-state index contributed by atoms with van der Waals surface area (Å²) in [7, 11) is 0. The number of hydrogen-bond acceptors (Lipinski definition) is 0. The highest BCUT2D eigenvalue weighted by Gasteiger charge is 2.36. The molecule has 0 nitrogen and oxygen atoms in total. The van der Waals surface area contributed by atoms with Crippen molar-refractivity contribution in [2.75, 3.05) is 0 Å². The van der Waals surface area contributed by atoms with Crippen LogP contribution in [-0.2, 0) is 5.41 Å². The van der Waals surface area contributed by atoms with Crippen molar-refractivity contribution in [3.05, 3.63) is 155 Å². The van der Waals surface area contributed by atoms with Gasteiger partial charge in [0, 0.05) is 5.41 Å². The molecule has 0 atom stereocenters. The van der Waals surface area contributed by atoms with Crippen molar-refractivity contribution < 1.29 is 0 Å². The number of rotatable bonds is 3. The normalized spacial score (nSPS) is 13.7. The summed E-state index contributed by atoms with van der Waals surface area (Å²) in [6.45, 7) is 13.8. The Balaban J connectivity index is 1.31. The first-order chi connectivity index (χ1) is 24.2. The largest absolute Gasteiger partial charge is 0.0610 e. The van der Waals surface area contributed by atoms with Gasteiger partial charge in [0.15, 0.2) is 0 Å². The molecular weight excluding hydrogens is 601 g/mol. The van der Waals surface area contributed by atoms with Crippen LogP contribution >= 0.6 is 0 Å². The minimum atomic E-state index is -0.0323. The summed E-state index contributed by atoms with van der Waals surface area (Å²) in [6, 6.07) is 49.3. The highest BCUT2D eigenvalue weighted by atomic mass is 14.4. The second-order valence-corrected chi connectivity index (χ2v) is 15.7. The molecule has 9 aromatic rings. The lowest BCUT2D eigenvalue weighted by molar-refractivity contribution is 0.660. The lowest BCUT2D eigenvalue weighted by atomic mass is 9.80. The third-order valence-electron chi connectivity index (χ3n) is 11.9. The molecule has 0 heterocycles. The molecule has 1 aliphatic carbocycles. The average molecular weight is 641 g/mol. The van der Waals surface area contributed by atoms with Crippen LogP contribution in [0.1, 0.15) is 61.4 Å². The van der Waals surface area contributed by atoms with Gasteiger partial charge in [-0.2, -0.15) is 0 Å². The molecule has 9 aromatic carbocycles. The molecule has 0 fully saturated rings. The summed E-state index contributed by atoms with van der Waals surface area (Å²) in [6.07, 6.45) is 0. The van der Waals surface area contributed by atoms with Crippen LogP contribution in [-0.4, -0.2) is 0 Å². The number of hydrogen-bond donors (Lipinski definition) is 0. The van der Waals surface area contributed by atoms with Gasteiger partial charge in [0.1, 0.15) is 0 Å². The molecule has 0 spiro atoms. The SMILES string of the molecule is Cc1ccc2c(-c3ccc4ccc5cccc6ccc3c4c56)c3cc(C)ccc3c(-c3ccc4c(c3)-c3cc(C(C)C)ccc3C4(C)C)c2c1. The smallest absolute Gasteiger partial charge is 0.0158 e. The summed E-state index contributed by atoms with van der Waals surface area (Å²) in [5.74, 6) is 0.488. The highest BCUT2D eigenvalue weighted by Crippen LogP contribution is 2.52. The van der Waals surface area contributed by atoms with Gasteiger partial charge in [0.25, 0.3) is 0 Å². The fourth-order valence-corrected chi connectivity index (χ4v) is 9.31. The van der Waals surface area contributed by atoms with Gasteiger partial charge < -0.3 is 0 Å². The Morgan fingerprint density at radius 3 is 1.70 bits per heavy atom. The Bertz CT molecular complexity index is 2860. The maximum atomic E-state index is 2.50. The van der Waals surface area contributed by atoms with E-state index in [1.807, 2.05) is 0 Å². The summed E-state index contributed by atoms with van der Waals surface area (Å²) in [5.41, 5.74) is 14.8. The van der Waals surface area contributed by atoms with Crippen LogP contribution in [0.2, 0.25) is 0 Å². The van der Waals surface area contributed by atoms with Crippen molar-refractivity contribution in [3.63, 3.8) is 0 Å². The van der Waals surface area contributed by atoms with E-state index in [9.17, 15) is 0 Å². The molecule has 0 saturated heterocycles. The predicted molar refractivity (Wildman–Crippen MR) is 217 cm³/mol. The summed E-state index contributed by atoms with van der Waals surface area (Å²) >= 11 is 0. The minimum Gasteiger partial charge on any atom is -0.0610 e.